The van der Waals surface area contributed by atoms with E-state index >= 15 is 0 Å². The second kappa shape index (κ2) is 16.5. The van der Waals surface area contributed by atoms with Gasteiger partial charge < -0.3 is 40.0 Å². The van der Waals surface area contributed by atoms with Crippen LogP contribution in [0.25, 0.3) is 22.3 Å². The van der Waals surface area contributed by atoms with Crippen molar-refractivity contribution < 1.29 is 42.1 Å². The van der Waals surface area contributed by atoms with Crippen molar-refractivity contribution in [2.45, 2.75) is 10.8 Å². The summed E-state index contributed by atoms with van der Waals surface area (Å²) < 4.78 is 0. The van der Waals surface area contributed by atoms with Gasteiger partial charge in [-0.25, -0.2) is 0 Å². The summed E-state index contributed by atoms with van der Waals surface area (Å²) in [6, 6.07) is 45.1. The van der Waals surface area contributed by atoms with Crippen LogP contribution in [0.15, 0.2) is 171 Å². The van der Waals surface area contributed by atoms with Crippen LogP contribution in [-0.4, -0.2) is 44.1 Å². The summed E-state index contributed by atoms with van der Waals surface area (Å²) in [5.41, 5.74) is 13.9. The number of fused-ring (bicyclic) bond motifs is 6. The topological polar surface area (TPSA) is 92.7 Å². The average Bonchev–Trinajstić information content (AvgIpc) is 4.17. The van der Waals surface area contributed by atoms with E-state index in [1.165, 1.54) is 22.3 Å². The SMILES string of the molecule is CN1C=CN(c2[c-]c(C3(c4cc[n-]n4)c4ccccc4-c4cnccc43)ccc2)[CH-]1.CN1C=CN(c2[c-]c(C3(c4cc[n-]n4)c4ccccc4-c4cnccc43)ccc2)[CH-]1.[Pt].[Pt]. The Kier molecular flexibility index (Phi) is 10.9. The molecule has 4 aliphatic rings. The Morgan fingerprint density at radius 2 is 0.919 bits per heavy atom. The number of pyridine rings is 2. The van der Waals surface area contributed by atoms with Crippen molar-refractivity contribution in [1.29, 1.82) is 0 Å². The summed E-state index contributed by atoms with van der Waals surface area (Å²) in [4.78, 5) is 17.0. The first-order valence-corrected chi connectivity index (χ1v) is 19.7. The van der Waals surface area contributed by atoms with Crippen LogP contribution in [-0.2, 0) is 53.0 Å². The Morgan fingerprint density at radius 3 is 1.32 bits per heavy atom. The molecule has 0 bridgehead atoms. The van der Waals surface area contributed by atoms with Crippen molar-refractivity contribution in [3.8, 4) is 22.3 Å². The maximum Gasteiger partial charge on any atom is 0.0645 e. The fraction of sp³-hybridized carbons (Fsp3) is 0.0800. The molecule has 4 aromatic carbocycles. The summed E-state index contributed by atoms with van der Waals surface area (Å²) in [6.07, 6.45) is 19.2. The molecule has 0 N–H and O–H groups in total. The van der Waals surface area contributed by atoms with Gasteiger partial charge in [-0.3, -0.25) is 9.97 Å². The third-order valence-corrected chi connectivity index (χ3v) is 11.9. The third-order valence-electron chi connectivity index (χ3n) is 11.9. The zero-order valence-electron chi connectivity index (χ0n) is 33.4. The van der Waals surface area contributed by atoms with E-state index in [0.29, 0.717) is 0 Å². The van der Waals surface area contributed by atoms with Crippen LogP contribution in [0, 0.1) is 25.5 Å². The molecule has 2 aliphatic heterocycles. The summed E-state index contributed by atoms with van der Waals surface area (Å²) in [5, 5.41) is 17.5. The number of anilines is 2. The fourth-order valence-corrected chi connectivity index (χ4v) is 9.36. The monoisotopic (exact) mass is 1170 g/mol. The first-order valence-electron chi connectivity index (χ1n) is 19.7. The molecule has 10 nitrogen and oxygen atoms in total. The molecule has 8 aromatic rings. The van der Waals surface area contributed by atoms with Gasteiger partial charge in [0.05, 0.1) is 10.8 Å². The summed E-state index contributed by atoms with van der Waals surface area (Å²) in [6.45, 7) is 4.07. The smallest absolute Gasteiger partial charge is 0.0645 e. The Bertz CT molecular complexity index is 2640. The van der Waals surface area contributed by atoms with Crippen molar-refractivity contribution in [3.05, 3.63) is 241 Å². The maximum absolute atomic E-state index is 4.55. The summed E-state index contributed by atoms with van der Waals surface area (Å²) >= 11 is 0. The number of hydrogen-bond donors (Lipinski definition) is 0. The Hall–Kier alpha value is -6.34. The average molecular weight is 1170 g/mol. The van der Waals surface area contributed by atoms with Gasteiger partial charge in [0.25, 0.3) is 0 Å². The Morgan fingerprint density at radius 1 is 0.484 bits per heavy atom. The molecule has 0 fully saturated rings. The summed E-state index contributed by atoms with van der Waals surface area (Å²) in [7, 11) is 4.02. The van der Waals surface area contributed by atoms with Gasteiger partial charge in [-0.05, 0) is 84.4 Å². The van der Waals surface area contributed by atoms with Crippen molar-refractivity contribution in [3.63, 3.8) is 0 Å². The molecular formula is C50H36N10Pt2-6. The largest absolute Gasteiger partial charge is 0.581 e. The molecule has 62 heavy (non-hydrogen) atoms. The van der Waals surface area contributed by atoms with Crippen LogP contribution >= 0.6 is 0 Å². The molecule has 12 rings (SSSR count). The first-order chi connectivity index (χ1) is 29.6. The zero-order chi connectivity index (χ0) is 40.3. The standard InChI is InChI=1S/2C25H18N5.2Pt/c2*1-29-13-14-30(17-29)19-6-4-5-18(15-19)25(24-10-12-27-28-24)22-8-3-2-7-20(22)21-16-26-11-9-23(21)25;;/h2*2-14,16-17H,1H3;;/q2*-3;;. The number of aromatic nitrogens is 6. The van der Waals surface area contributed by atoms with Crippen molar-refractivity contribution in [2.24, 2.45) is 0 Å². The molecule has 0 spiro atoms. The van der Waals surface area contributed by atoms with E-state index in [1.807, 2.05) is 99.0 Å². The van der Waals surface area contributed by atoms with E-state index < -0.39 is 10.8 Å². The van der Waals surface area contributed by atoms with E-state index in [0.717, 1.165) is 56.1 Å². The van der Waals surface area contributed by atoms with E-state index in [-0.39, 0.29) is 42.1 Å². The molecule has 2 unspecified atom stereocenters. The number of benzene rings is 4. The van der Waals surface area contributed by atoms with Crippen LogP contribution in [0.5, 0.6) is 0 Å². The molecule has 0 amide bonds. The number of hydrogen-bond acceptors (Lipinski definition) is 8. The third kappa shape index (κ3) is 6.30. The zero-order valence-corrected chi connectivity index (χ0v) is 38.0. The normalized spacial score (nSPS) is 18.6. The molecule has 0 saturated carbocycles. The van der Waals surface area contributed by atoms with Crippen LogP contribution in [0.1, 0.15) is 44.8 Å². The molecule has 2 aliphatic carbocycles. The molecule has 6 heterocycles. The molecule has 4 aromatic heterocycles. The second-order valence-corrected chi connectivity index (χ2v) is 15.1. The van der Waals surface area contributed by atoms with E-state index in [1.54, 1.807) is 12.4 Å². The molecular weight excluding hydrogens is 1130 g/mol. The van der Waals surface area contributed by atoms with Crippen LogP contribution < -0.4 is 20.0 Å². The molecule has 12 heteroatoms. The molecule has 2 atom stereocenters. The number of rotatable bonds is 6. The van der Waals surface area contributed by atoms with Crippen LogP contribution in [0.4, 0.5) is 11.4 Å². The van der Waals surface area contributed by atoms with Gasteiger partial charge in [0.1, 0.15) is 0 Å². The van der Waals surface area contributed by atoms with Crippen molar-refractivity contribution >= 4 is 11.4 Å². The van der Waals surface area contributed by atoms with Gasteiger partial charge in [0.2, 0.25) is 0 Å². The van der Waals surface area contributed by atoms with Gasteiger partial charge in [0.15, 0.2) is 0 Å². The second-order valence-electron chi connectivity index (χ2n) is 15.1. The van der Waals surface area contributed by atoms with Crippen molar-refractivity contribution in [2.75, 3.05) is 23.9 Å². The summed E-state index contributed by atoms with van der Waals surface area (Å²) in [5.74, 6) is 0. The Labute approximate surface area is 389 Å². The van der Waals surface area contributed by atoms with Crippen LogP contribution in [0.2, 0.25) is 0 Å². The quantitative estimate of drug-likeness (QED) is 0.153. The molecule has 0 radical (unpaired) electrons. The van der Waals surface area contributed by atoms with Gasteiger partial charge in [-0.1, -0.05) is 60.7 Å². The molecule has 0 saturated heterocycles. The van der Waals surface area contributed by atoms with Gasteiger partial charge in [-0.15, -0.1) is 22.5 Å². The van der Waals surface area contributed by atoms with E-state index in [2.05, 4.69) is 149 Å². The van der Waals surface area contributed by atoms with Gasteiger partial charge >= 0.3 is 0 Å². The van der Waals surface area contributed by atoms with Crippen LogP contribution in [0.3, 0.4) is 0 Å². The Balaban J connectivity index is 0.000000153. The minimum Gasteiger partial charge on any atom is -0.581 e. The predicted molar refractivity (Wildman–Crippen MR) is 230 cm³/mol. The molecule has 312 valence electrons. The minimum atomic E-state index is -0.587. The van der Waals surface area contributed by atoms with E-state index in [4.69, 9.17) is 0 Å². The maximum atomic E-state index is 4.55. The van der Waals surface area contributed by atoms with Gasteiger partial charge in [-0.2, -0.15) is 74.3 Å². The minimum absolute atomic E-state index is 0. The van der Waals surface area contributed by atoms with E-state index in [9.17, 15) is 0 Å². The number of nitrogens with zero attached hydrogens (tertiary/aromatic N) is 10. The first kappa shape index (κ1) is 41.0. The predicted octanol–water partition coefficient (Wildman–Crippen LogP) is 7.87. The fourth-order valence-electron chi connectivity index (χ4n) is 9.36. The van der Waals surface area contributed by atoms with Crippen molar-refractivity contribution in [1.82, 2.24) is 40.2 Å². The van der Waals surface area contributed by atoms with Gasteiger partial charge in [0, 0.05) is 89.4 Å².